The summed E-state index contributed by atoms with van der Waals surface area (Å²) in [5.74, 6) is -0.907. The Morgan fingerprint density at radius 3 is 2.50 bits per heavy atom. The summed E-state index contributed by atoms with van der Waals surface area (Å²) in [6.45, 7) is 4.96. The predicted molar refractivity (Wildman–Crippen MR) is 58.8 cm³/mol. The van der Waals surface area contributed by atoms with Gasteiger partial charge in [-0.1, -0.05) is 0 Å². The van der Waals surface area contributed by atoms with Crippen molar-refractivity contribution >= 4 is 5.97 Å². The molecule has 5 heteroatoms. The number of carbonyl (C=O) groups is 1. The second-order valence-corrected chi connectivity index (χ2v) is 3.52. The van der Waals surface area contributed by atoms with E-state index in [9.17, 15) is 14.7 Å². The van der Waals surface area contributed by atoms with E-state index in [4.69, 9.17) is 4.74 Å². The van der Waals surface area contributed by atoms with Crippen molar-refractivity contribution in [1.29, 1.82) is 0 Å². The fourth-order valence-electron chi connectivity index (χ4n) is 1.48. The Balaban J connectivity index is 3.52. The third-order valence-electron chi connectivity index (χ3n) is 2.56. The van der Waals surface area contributed by atoms with Gasteiger partial charge in [0.15, 0.2) is 0 Å². The second-order valence-electron chi connectivity index (χ2n) is 3.52. The molecule has 88 valence electrons. The Bertz CT molecular complexity index is 455. The fourth-order valence-corrected chi connectivity index (χ4v) is 1.48. The van der Waals surface area contributed by atoms with Crippen molar-refractivity contribution in [1.82, 2.24) is 4.57 Å². The van der Waals surface area contributed by atoms with E-state index >= 15 is 0 Å². The van der Waals surface area contributed by atoms with Gasteiger partial charge < -0.3 is 14.4 Å². The number of hydrogen-bond acceptors (Lipinski definition) is 4. The molecule has 0 aliphatic heterocycles. The van der Waals surface area contributed by atoms with Crippen LogP contribution in [0.25, 0.3) is 0 Å². The molecule has 1 heterocycles. The average molecular weight is 225 g/mol. The van der Waals surface area contributed by atoms with Crippen LogP contribution in [0.2, 0.25) is 0 Å². The van der Waals surface area contributed by atoms with Crippen molar-refractivity contribution in [2.24, 2.45) is 7.05 Å². The molecule has 0 amide bonds. The molecule has 1 N–H and O–H groups in total. The van der Waals surface area contributed by atoms with Gasteiger partial charge in [-0.05, 0) is 20.8 Å². The van der Waals surface area contributed by atoms with E-state index in [1.807, 2.05) is 0 Å². The second kappa shape index (κ2) is 4.38. The molecule has 0 fully saturated rings. The van der Waals surface area contributed by atoms with Crippen LogP contribution in [0.1, 0.15) is 28.5 Å². The number of ether oxygens (including phenoxy) is 1. The Hall–Kier alpha value is -1.78. The summed E-state index contributed by atoms with van der Waals surface area (Å²) in [5, 5.41) is 9.77. The minimum absolute atomic E-state index is 0.0569. The molecule has 0 bridgehead atoms. The summed E-state index contributed by atoms with van der Waals surface area (Å²) in [6, 6.07) is 0. The molecule has 0 atom stereocenters. The molecule has 0 unspecified atom stereocenters. The zero-order valence-electron chi connectivity index (χ0n) is 9.83. The van der Waals surface area contributed by atoms with Crippen LogP contribution < -0.4 is 5.56 Å². The molecule has 0 radical (unpaired) electrons. The molecular formula is C11H15NO4. The monoisotopic (exact) mass is 225 g/mol. The third kappa shape index (κ3) is 1.80. The lowest BCUT2D eigenvalue weighted by atomic mass is 10.1. The van der Waals surface area contributed by atoms with Crippen LogP contribution >= 0.6 is 0 Å². The molecule has 0 aliphatic carbocycles. The number of nitrogens with zero attached hydrogens (tertiary/aromatic N) is 1. The van der Waals surface area contributed by atoms with Gasteiger partial charge >= 0.3 is 5.97 Å². The summed E-state index contributed by atoms with van der Waals surface area (Å²) in [7, 11) is 1.55. The number of aromatic hydroxyl groups is 1. The van der Waals surface area contributed by atoms with Crippen LogP contribution in [-0.2, 0) is 11.8 Å². The fraction of sp³-hybridized carbons (Fsp3) is 0.455. The highest BCUT2D eigenvalue weighted by Crippen LogP contribution is 2.22. The van der Waals surface area contributed by atoms with Crippen LogP contribution in [0, 0.1) is 13.8 Å². The lowest BCUT2D eigenvalue weighted by Gasteiger charge is -2.13. The largest absolute Gasteiger partial charge is 0.506 e. The molecule has 5 nitrogen and oxygen atoms in total. The van der Waals surface area contributed by atoms with Crippen molar-refractivity contribution in [3.8, 4) is 5.75 Å². The van der Waals surface area contributed by atoms with E-state index in [1.165, 1.54) is 11.5 Å². The third-order valence-corrected chi connectivity index (χ3v) is 2.56. The lowest BCUT2D eigenvalue weighted by Crippen LogP contribution is -2.25. The number of carbonyl (C=O) groups excluding carboxylic acids is 1. The molecule has 0 spiro atoms. The van der Waals surface area contributed by atoms with E-state index in [-0.39, 0.29) is 29.0 Å². The molecule has 0 aliphatic rings. The van der Waals surface area contributed by atoms with Gasteiger partial charge in [0, 0.05) is 12.7 Å². The first-order chi connectivity index (χ1) is 7.41. The van der Waals surface area contributed by atoms with Crippen molar-refractivity contribution in [3.63, 3.8) is 0 Å². The van der Waals surface area contributed by atoms with Crippen LogP contribution in [0.3, 0.4) is 0 Å². The summed E-state index contributed by atoms with van der Waals surface area (Å²) in [5.41, 5.74) is 0.284. The first kappa shape index (κ1) is 12.3. The number of aromatic nitrogens is 1. The van der Waals surface area contributed by atoms with Crippen LogP contribution in [0.5, 0.6) is 5.75 Å². The molecule has 1 rings (SSSR count). The number of esters is 1. The molecular weight excluding hydrogens is 210 g/mol. The molecule has 1 aromatic rings. The zero-order chi connectivity index (χ0) is 12.5. The first-order valence-corrected chi connectivity index (χ1v) is 4.98. The standard InChI is InChI=1S/C11H15NO4/c1-5-16-11(15)8-7(3)12(4)10(14)6(2)9(8)13/h13H,5H2,1-4H3. The molecule has 0 aromatic carbocycles. The highest BCUT2D eigenvalue weighted by molar-refractivity contribution is 5.94. The highest BCUT2D eigenvalue weighted by atomic mass is 16.5. The number of rotatable bonds is 2. The summed E-state index contributed by atoms with van der Waals surface area (Å²) in [4.78, 5) is 23.2. The predicted octanol–water partition coefficient (Wildman–Crippen LogP) is 0.884. The number of pyridine rings is 1. The first-order valence-electron chi connectivity index (χ1n) is 4.98. The van der Waals surface area contributed by atoms with Crippen molar-refractivity contribution in [2.45, 2.75) is 20.8 Å². The average Bonchev–Trinajstić information content (AvgIpc) is 2.24. The van der Waals surface area contributed by atoms with E-state index in [1.54, 1.807) is 20.9 Å². The normalized spacial score (nSPS) is 10.2. The summed E-state index contributed by atoms with van der Waals surface area (Å²) >= 11 is 0. The Kier molecular flexibility index (Phi) is 3.37. The van der Waals surface area contributed by atoms with Gasteiger partial charge in [-0.15, -0.1) is 0 Å². The van der Waals surface area contributed by atoms with Gasteiger partial charge in [0.2, 0.25) is 0 Å². The maximum Gasteiger partial charge on any atom is 0.343 e. The highest BCUT2D eigenvalue weighted by Gasteiger charge is 2.21. The zero-order valence-corrected chi connectivity index (χ0v) is 9.83. The van der Waals surface area contributed by atoms with E-state index in [0.717, 1.165) is 0 Å². The van der Waals surface area contributed by atoms with E-state index in [0.29, 0.717) is 5.69 Å². The van der Waals surface area contributed by atoms with Gasteiger partial charge in [0.1, 0.15) is 11.3 Å². The minimum atomic E-state index is -0.615. The van der Waals surface area contributed by atoms with Crippen LogP contribution in [-0.4, -0.2) is 22.2 Å². The van der Waals surface area contributed by atoms with Crippen LogP contribution in [0.15, 0.2) is 4.79 Å². The Labute approximate surface area is 93.3 Å². The summed E-state index contributed by atoms with van der Waals surface area (Å²) < 4.78 is 6.15. The summed E-state index contributed by atoms with van der Waals surface area (Å²) in [6.07, 6.45) is 0. The number of hydrogen-bond donors (Lipinski definition) is 1. The maximum atomic E-state index is 11.6. The SMILES string of the molecule is CCOC(=O)c1c(O)c(C)c(=O)n(C)c1C. The molecule has 16 heavy (non-hydrogen) atoms. The Morgan fingerprint density at radius 2 is 2.00 bits per heavy atom. The Morgan fingerprint density at radius 1 is 1.44 bits per heavy atom. The van der Waals surface area contributed by atoms with Crippen molar-refractivity contribution in [3.05, 3.63) is 27.2 Å². The molecule has 1 aromatic heterocycles. The lowest BCUT2D eigenvalue weighted by molar-refractivity contribution is 0.0520. The van der Waals surface area contributed by atoms with Gasteiger partial charge in [-0.3, -0.25) is 4.79 Å². The molecule has 0 saturated carbocycles. The van der Waals surface area contributed by atoms with E-state index in [2.05, 4.69) is 0 Å². The van der Waals surface area contributed by atoms with Crippen molar-refractivity contribution < 1.29 is 14.6 Å². The van der Waals surface area contributed by atoms with Gasteiger partial charge in [-0.25, -0.2) is 4.79 Å². The maximum absolute atomic E-state index is 11.6. The van der Waals surface area contributed by atoms with Gasteiger partial charge in [0.25, 0.3) is 5.56 Å². The topological polar surface area (TPSA) is 68.5 Å². The minimum Gasteiger partial charge on any atom is -0.506 e. The van der Waals surface area contributed by atoms with Crippen LogP contribution in [0.4, 0.5) is 0 Å². The smallest absolute Gasteiger partial charge is 0.343 e. The molecule has 0 saturated heterocycles. The van der Waals surface area contributed by atoms with E-state index < -0.39 is 5.97 Å². The quantitative estimate of drug-likeness (QED) is 0.759. The van der Waals surface area contributed by atoms with Crippen molar-refractivity contribution in [2.75, 3.05) is 6.61 Å². The van der Waals surface area contributed by atoms with Gasteiger partial charge in [-0.2, -0.15) is 0 Å². The van der Waals surface area contributed by atoms with Gasteiger partial charge in [0.05, 0.1) is 12.2 Å².